The fraction of sp³-hybridized carbons (Fsp3) is 0.333. The average Bonchev–Trinajstić information content (AvgIpc) is 3.17. The summed E-state index contributed by atoms with van der Waals surface area (Å²) in [6.45, 7) is 4.60. The molecule has 0 bridgehead atoms. The normalized spacial score (nSPS) is 14.0. The molecular formula is C21H22N4O3. The van der Waals surface area contributed by atoms with Crippen molar-refractivity contribution in [2.24, 2.45) is 0 Å². The molecule has 0 saturated heterocycles. The maximum Gasteiger partial charge on any atom is 0.269 e. The van der Waals surface area contributed by atoms with Crippen LogP contribution in [0.15, 0.2) is 47.0 Å². The maximum absolute atomic E-state index is 10.8. The summed E-state index contributed by atoms with van der Waals surface area (Å²) in [7, 11) is 0. The second kappa shape index (κ2) is 7.90. The van der Waals surface area contributed by atoms with Gasteiger partial charge < -0.3 is 4.42 Å². The van der Waals surface area contributed by atoms with Crippen LogP contribution in [0.25, 0.3) is 11.3 Å². The number of aromatic nitrogens is 2. The predicted octanol–water partition coefficient (Wildman–Crippen LogP) is 4.16. The maximum atomic E-state index is 10.8. The third kappa shape index (κ3) is 3.94. The van der Waals surface area contributed by atoms with Gasteiger partial charge in [0, 0.05) is 61.1 Å². The van der Waals surface area contributed by atoms with E-state index in [0.29, 0.717) is 6.54 Å². The van der Waals surface area contributed by atoms with Gasteiger partial charge >= 0.3 is 0 Å². The molecule has 2 aromatic heterocycles. The fourth-order valence-electron chi connectivity index (χ4n) is 3.48. The molecule has 1 aliphatic heterocycles. The molecule has 0 saturated carbocycles. The van der Waals surface area contributed by atoms with Crippen molar-refractivity contribution in [3.05, 3.63) is 75.6 Å². The van der Waals surface area contributed by atoms with Crippen molar-refractivity contribution >= 4 is 5.69 Å². The minimum absolute atomic E-state index is 0.0758. The summed E-state index contributed by atoms with van der Waals surface area (Å²) in [5, 5.41) is 10.8. The summed E-state index contributed by atoms with van der Waals surface area (Å²) in [4.78, 5) is 21.9. The number of fused-ring (bicyclic) bond motifs is 1. The average molecular weight is 378 g/mol. The molecule has 0 spiro atoms. The number of nitro groups is 1. The van der Waals surface area contributed by atoms with Gasteiger partial charge in [-0.3, -0.25) is 15.0 Å². The lowest BCUT2D eigenvalue weighted by Crippen LogP contribution is -2.31. The Hall–Kier alpha value is -3.06. The summed E-state index contributed by atoms with van der Waals surface area (Å²) in [6, 6.07) is 10.3. The SMILES string of the molecule is CCCc1ncc2c(n1)CCN(Cc1ccc(-c3ccc([N+](=O)[O-])cc3)o1)C2. The summed E-state index contributed by atoms with van der Waals surface area (Å²) < 4.78 is 5.97. The number of nitrogens with zero attached hydrogens (tertiary/aromatic N) is 4. The number of non-ortho nitro benzene ring substituents is 1. The van der Waals surface area contributed by atoms with Gasteiger partial charge in [-0.1, -0.05) is 6.92 Å². The molecule has 0 amide bonds. The van der Waals surface area contributed by atoms with Crippen LogP contribution in [0.2, 0.25) is 0 Å². The largest absolute Gasteiger partial charge is 0.460 e. The minimum Gasteiger partial charge on any atom is -0.460 e. The van der Waals surface area contributed by atoms with Crippen molar-refractivity contribution in [2.45, 2.75) is 39.3 Å². The van der Waals surface area contributed by atoms with Gasteiger partial charge in [0.1, 0.15) is 17.3 Å². The zero-order chi connectivity index (χ0) is 19.5. The van der Waals surface area contributed by atoms with E-state index in [0.717, 1.165) is 55.3 Å². The highest BCUT2D eigenvalue weighted by Crippen LogP contribution is 2.26. The van der Waals surface area contributed by atoms with Crippen LogP contribution in [0, 0.1) is 10.1 Å². The molecule has 0 N–H and O–H groups in total. The molecule has 4 rings (SSSR count). The Labute approximate surface area is 163 Å². The lowest BCUT2D eigenvalue weighted by Gasteiger charge is -2.27. The van der Waals surface area contributed by atoms with Crippen LogP contribution in [-0.4, -0.2) is 26.3 Å². The molecule has 0 radical (unpaired) electrons. The highest BCUT2D eigenvalue weighted by Gasteiger charge is 2.19. The molecular weight excluding hydrogens is 356 g/mol. The highest BCUT2D eigenvalue weighted by molar-refractivity contribution is 5.59. The Kier molecular flexibility index (Phi) is 5.16. The van der Waals surface area contributed by atoms with Crippen LogP contribution in [0.4, 0.5) is 5.69 Å². The van der Waals surface area contributed by atoms with Gasteiger partial charge in [-0.25, -0.2) is 9.97 Å². The first-order valence-electron chi connectivity index (χ1n) is 9.52. The molecule has 3 heterocycles. The number of benzene rings is 1. The van der Waals surface area contributed by atoms with E-state index in [2.05, 4.69) is 16.8 Å². The first kappa shape index (κ1) is 18.3. The Morgan fingerprint density at radius 1 is 1.21 bits per heavy atom. The van der Waals surface area contributed by atoms with Gasteiger partial charge in [0.05, 0.1) is 11.5 Å². The van der Waals surface area contributed by atoms with Gasteiger partial charge in [0.25, 0.3) is 5.69 Å². The van der Waals surface area contributed by atoms with Crippen LogP contribution in [-0.2, 0) is 25.9 Å². The van der Waals surface area contributed by atoms with Crippen molar-refractivity contribution in [3.63, 3.8) is 0 Å². The van der Waals surface area contributed by atoms with Crippen molar-refractivity contribution in [1.29, 1.82) is 0 Å². The first-order chi connectivity index (χ1) is 13.6. The summed E-state index contributed by atoms with van der Waals surface area (Å²) in [6.07, 6.45) is 4.86. The molecule has 1 aromatic carbocycles. The van der Waals surface area contributed by atoms with E-state index in [1.165, 1.54) is 23.4 Å². The molecule has 144 valence electrons. The van der Waals surface area contributed by atoms with E-state index in [9.17, 15) is 10.1 Å². The number of hydrogen-bond acceptors (Lipinski definition) is 6. The van der Waals surface area contributed by atoms with E-state index in [-0.39, 0.29) is 5.69 Å². The molecule has 0 fully saturated rings. The van der Waals surface area contributed by atoms with Crippen LogP contribution >= 0.6 is 0 Å². The molecule has 0 aliphatic carbocycles. The summed E-state index contributed by atoms with van der Waals surface area (Å²) in [5.41, 5.74) is 3.26. The zero-order valence-electron chi connectivity index (χ0n) is 15.8. The van der Waals surface area contributed by atoms with Gasteiger partial charge in [-0.15, -0.1) is 0 Å². The second-order valence-electron chi connectivity index (χ2n) is 7.04. The standard InChI is InChI=1S/C21H22N4O3/c1-2-3-21-22-12-16-13-24(11-10-19(16)23-21)14-18-8-9-20(28-18)15-4-6-17(7-5-15)25(26)27/h4-9,12H,2-3,10-11,13-14H2,1H3. The predicted molar refractivity (Wildman–Crippen MR) is 105 cm³/mol. The van der Waals surface area contributed by atoms with E-state index < -0.39 is 4.92 Å². The number of furan rings is 1. The number of hydrogen-bond donors (Lipinski definition) is 0. The van der Waals surface area contributed by atoms with Crippen molar-refractivity contribution < 1.29 is 9.34 Å². The Morgan fingerprint density at radius 2 is 2.04 bits per heavy atom. The van der Waals surface area contributed by atoms with E-state index >= 15 is 0 Å². The monoisotopic (exact) mass is 378 g/mol. The van der Waals surface area contributed by atoms with Gasteiger partial charge in [-0.05, 0) is 30.7 Å². The molecule has 0 atom stereocenters. The van der Waals surface area contributed by atoms with E-state index in [4.69, 9.17) is 9.40 Å². The smallest absolute Gasteiger partial charge is 0.269 e. The van der Waals surface area contributed by atoms with Crippen LogP contribution in [0.1, 0.15) is 36.2 Å². The number of aryl methyl sites for hydroxylation is 1. The Bertz CT molecular complexity index is 982. The van der Waals surface area contributed by atoms with Crippen molar-refractivity contribution in [2.75, 3.05) is 6.54 Å². The lowest BCUT2D eigenvalue weighted by molar-refractivity contribution is -0.384. The molecule has 28 heavy (non-hydrogen) atoms. The third-order valence-corrected chi connectivity index (χ3v) is 4.94. The quantitative estimate of drug-likeness (QED) is 0.473. The number of rotatable bonds is 6. The molecule has 1 aliphatic rings. The minimum atomic E-state index is -0.402. The van der Waals surface area contributed by atoms with Gasteiger partial charge in [-0.2, -0.15) is 0 Å². The van der Waals surface area contributed by atoms with Crippen LogP contribution in [0.5, 0.6) is 0 Å². The topological polar surface area (TPSA) is 85.3 Å². The Morgan fingerprint density at radius 3 is 2.79 bits per heavy atom. The zero-order valence-corrected chi connectivity index (χ0v) is 15.8. The number of nitro benzene ring substituents is 1. The van der Waals surface area contributed by atoms with E-state index in [1.54, 1.807) is 12.1 Å². The Balaban J connectivity index is 1.42. The lowest BCUT2D eigenvalue weighted by atomic mass is 10.1. The third-order valence-electron chi connectivity index (χ3n) is 4.94. The summed E-state index contributed by atoms with van der Waals surface area (Å²) >= 11 is 0. The fourth-order valence-corrected chi connectivity index (χ4v) is 3.48. The van der Waals surface area contributed by atoms with Crippen LogP contribution < -0.4 is 0 Å². The van der Waals surface area contributed by atoms with Crippen molar-refractivity contribution in [1.82, 2.24) is 14.9 Å². The highest BCUT2D eigenvalue weighted by atomic mass is 16.6. The molecule has 7 heteroatoms. The molecule has 3 aromatic rings. The molecule has 0 unspecified atom stereocenters. The van der Waals surface area contributed by atoms with Crippen molar-refractivity contribution in [3.8, 4) is 11.3 Å². The molecule has 7 nitrogen and oxygen atoms in total. The first-order valence-corrected chi connectivity index (χ1v) is 9.52. The van der Waals surface area contributed by atoms with E-state index in [1.807, 2.05) is 18.3 Å². The van der Waals surface area contributed by atoms with Crippen LogP contribution in [0.3, 0.4) is 0 Å². The van der Waals surface area contributed by atoms with Gasteiger partial charge in [0.15, 0.2) is 0 Å². The second-order valence-corrected chi connectivity index (χ2v) is 7.04. The van der Waals surface area contributed by atoms with Gasteiger partial charge in [0.2, 0.25) is 0 Å². The summed E-state index contributed by atoms with van der Waals surface area (Å²) in [5.74, 6) is 2.53.